The van der Waals surface area contributed by atoms with E-state index in [0.29, 0.717) is 23.2 Å². The lowest BCUT2D eigenvalue weighted by molar-refractivity contribution is 0.196. The van der Waals surface area contributed by atoms with E-state index in [1.807, 2.05) is 12.1 Å². The maximum Gasteiger partial charge on any atom is 0.318 e. The molecule has 6 nitrogen and oxygen atoms in total. The number of aromatic nitrogens is 2. The van der Waals surface area contributed by atoms with Crippen molar-refractivity contribution in [3.8, 4) is 6.01 Å². The van der Waals surface area contributed by atoms with Gasteiger partial charge in [-0.2, -0.15) is 4.98 Å². The first-order chi connectivity index (χ1) is 12.1. The minimum Gasteiger partial charge on any atom is -0.463 e. The molecule has 132 valence electrons. The van der Waals surface area contributed by atoms with Crippen molar-refractivity contribution in [2.75, 3.05) is 10.9 Å². The SMILES string of the molecule is O=S1(=O)c2ccccc2CN1c1ccnc(OCC2CCCCC2)n1. The Kier molecular flexibility index (Phi) is 4.33. The summed E-state index contributed by atoms with van der Waals surface area (Å²) >= 11 is 0. The Hall–Kier alpha value is -2.15. The molecule has 1 aromatic carbocycles. The molecule has 2 heterocycles. The van der Waals surface area contributed by atoms with Crippen molar-refractivity contribution < 1.29 is 13.2 Å². The van der Waals surface area contributed by atoms with Gasteiger partial charge in [0.2, 0.25) is 0 Å². The largest absolute Gasteiger partial charge is 0.463 e. The number of ether oxygens (including phenoxy) is 1. The third-order valence-electron chi connectivity index (χ3n) is 4.90. The van der Waals surface area contributed by atoms with Crippen LogP contribution < -0.4 is 9.04 Å². The standard InChI is InChI=1S/C18H21N3O3S/c22-25(23)16-9-5-4-8-15(16)12-21(25)17-10-11-19-18(20-17)24-13-14-6-2-1-3-7-14/h4-5,8-11,14H,1-3,6-7,12-13H2. The van der Waals surface area contributed by atoms with Gasteiger partial charge in [0.15, 0.2) is 0 Å². The Morgan fingerprint density at radius 1 is 1.12 bits per heavy atom. The monoisotopic (exact) mass is 359 g/mol. The van der Waals surface area contributed by atoms with Crippen LogP contribution in [-0.4, -0.2) is 25.0 Å². The second-order valence-corrected chi connectivity index (χ2v) is 8.46. The summed E-state index contributed by atoms with van der Waals surface area (Å²) in [5.74, 6) is 0.894. The number of fused-ring (bicyclic) bond motifs is 1. The van der Waals surface area contributed by atoms with Crippen LogP contribution in [-0.2, 0) is 16.6 Å². The van der Waals surface area contributed by atoms with Gasteiger partial charge in [-0.3, -0.25) is 0 Å². The minimum absolute atomic E-state index is 0.245. The molecule has 1 aliphatic heterocycles. The van der Waals surface area contributed by atoms with Crippen molar-refractivity contribution in [3.63, 3.8) is 0 Å². The lowest BCUT2D eigenvalue weighted by atomic mass is 9.90. The topological polar surface area (TPSA) is 72.4 Å². The molecule has 1 saturated carbocycles. The summed E-state index contributed by atoms with van der Waals surface area (Å²) in [5.41, 5.74) is 0.783. The molecular weight excluding hydrogens is 338 g/mol. The molecule has 0 saturated heterocycles. The molecule has 0 radical (unpaired) electrons. The Morgan fingerprint density at radius 3 is 2.72 bits per heavy atom. The van der Waals surface area contributed by atoms with Gasteiger partial charge in [-0.25, -0.2) is 17.7 Å². The first-order valence-corrected chi connectivity index (χ1v) is 10.1. The van der Waals surface area contributed by atoms with Gasteiger partial charge in [0.1, 0.15) is 5.82 Å². The number of rotatable bonds is 4. The molecule has 0 bridgehead atoms. The van der Waals surface area contributed by atoms with Crippen molar-refractivity contribution >= 4 is 15.8 Å². The number of sulfonamides is 1. The molecule has 0 atom stereocenters. The number of hydrogen-bond acceptors (Lipinski definition) is 5. The van der Waals surface area contributed by atoms with Gasteiger partial charge >= 0.3 is 6.01 Å². The molecule has 0 spiro atoms. The van der Waals surface area contributed by atoms with Crippen LogP contribution in [0.3, 0.4) is 0 Å². The van der Waals surface area contributed by atoms with E-state index >= 15 is 0 Å². The highest BCUT2D eigenvalue weighted by atomic mass is 32.2. The van der Waals surface area contributed by atoms with Crippen molar-refractivity contribution in [3.05, 3.63) is 42.1 Å². The molecule has 0 unspecified atom stereocenters. The third kappa shape index (κ3) is 3.20. The summed E-state index contributed by atoms with van der Waals surface area (Å²) in [6, 6.07) is 8.89. The number of benzene rings is 1. The average Bonchev–Trinajstić information content (AvgIpc) is 2.92. The van der Waals surface area contributed by atoms with Crippen LogP contribution >= 0.6 is 0 Å². The average molecular weight is 359 g/mol. The van der Waals surface area contributed by atoms with Crippen molar-refractivity contribution in [1.29, 1.82) is 0 Å². The molecular formula is C18H21N3O3S. The maximum atomic E-state index is 12.7. The van der Waals surface area contributed by atoms with E-state index in [4.69, 9.17) is 4.74 Å². The van der Waals surface area contributed by atoms with Gasteiger partial charge in [-0.1, -0.05) is 37.5 Å². The van der Waals surface area contributed by atoms with E-state index in [9.17, 15) is 8.42 Å². The fourth-order valence-corrected chi connectivity index (χ4v) is 5.14. The Morgan fingerprint density at radius 2 is 1.92 bits per heavy atom. The lowest BCUT2D eigenvalue weighted by Crippen LogP contribution is -2.25. The molecule has 25 heavy (non-hydrogen) atoms. The van der Waals surface area contributed by atoms with Crippen LogP contribution in [0.15, 0.2) is 41.4 Å². The van der Waals surface area contributed by atoms with Crippen LogP contribution in [0.25, 0.3) is 0 Å². The summed E-state index contributed by atoms with van der Waals surface area (Å²) in [4.78, 5) is 8.81. The first-order valence-electron chi connectivity index (χ1n) is 8.71. The van der Waals surface area contributed by atoms with Crippen molar-refractivity contribution in [2.24, 2.45) is 5.92 Å². The zero-order valence-corrected chi connectivity index (χ0v) is 14.8. The minimum atomic E-state index is -3.56. The highest BCUT2D eigenvalue weighted by Crippen LogP contribution is 2.33. The summed E-state index contributed by atoms with van der Waals surface area (Å²) in [6.45, 7) is 0.883. The summed E-state index contributed by atoms with van der Waals surface area (Å²) in [7, 11) is -3.56. The van der Waals surface area contributed by atoms with E-state index in [1.54, 1.807) is 24.4 Å². The molecule has 1 fully saturated rings. The number of nitrogens with zero attached hydrogens (tertiary/aromatic N) is 3. The van der Waals surface area contributed by atoms with E-state index in [-0.39, 0.29) is 12.6 Å². The molecule has 1 aromatic heterocycles. The van der Waals surface area contributed by atoms with E-state index < -0.39 is 10.0 Å². The zero-order chi connectivity index (χ0) is 17.3. The predicted octanol–water partition coefficient (Wildman–Crippen LogP) is 3.14. The van der Waals surface area contributed by atoms with Gasteiger partial charge < -0.3 is 4.74 Å². The molecule has 7 heteroatoms. The van der Waals surface area contributed by atoms with Gasteiger partial charge in [-0.05, 0) is 30.4 Å². The first kappa shape index (κ1) is 16.3. The van der Waals surface area contributed by atoms with Crippen LogP contribution in [0.4, 0.5) is 5.82 Å². The van der Waals surface area contributed by atoms with Crippen LogP contribution in [0.5, 0.6) is 6.01 Å². The smallest absolute Gasteiger partial charge is 0.318 e. The normalized spacial score (nSPS) is 19.6. The van der Waals surface area contributed by atoms with E-state index in [2.05, 4.69) is 9.97 Å². The molecule has 1 aliphatic carbocycles. The highest BCUT2D eigenvalue weighted by Gasteiger charge is 2.35. The quantitative estimate of drug-likeness (QED) is 0.838. The number of hydrogen-bond donors (Lipinski definition) is 0. The van der Waals surface area contributed by atoms with Crippen molar-refractivity contribution in [2.45, 2.75) is 43.5 Å². The summed E-state index contributed by atoms with van der Waals surface area (Å²) in [5, 5.41) is 0. The Labute approximate surface area is 147 Å². The molecule has 2 aromatic rings. The van der Waals surface area contributed by atoms with Crippen LogP contribution in [0.2, 0.25) is 0 Å². The molecule has 2 aliphatic rings. The molecule has 0 amide bonds. The van der Waals surface area contributed by atoms with E-state index in [0.717, 1.165) is 5.56 Å². The van der Waals surface area contributed by atoms with Gasteiger partial charge in [0.05, 0.1) is 18.0 Å². The predicted molar refractivity (Wildman–Crippen MR) is 93.9 cm³/mol. The Balaban J connectivity index is 1.52. The second kappa shape index (κ2) is 6.63. The summed E-state index contributed by atoms with van der Waals surface area (Å²) < 4.78 is 32.5. The lowest BCUT2D eigenvalue weighted by Gasteiger charge is -2.21. The van der Waals surface area contributed by atoms with Crippen LogP contribution in [0, 0.1) is 5.92 Å². The van der Waals surface area contributed by atoms with Crippen LogP contribution in [0.1, 0.15) is 37.7 Å². The molecule has 4 rings (SSSR count). The summed E-state index contributed by atoms with van der Waals surface area (Å²) in [6.07, 6.45) is 7.70. The van der Waals surface area contributed by atoms with Gasteiger partial charge in [0.25, 0.3) is 10.0 Å². The van der Waals surface area contributed by atoms with Gasteiger partial charge in [0, 0.05) is 12.3 Å². The fourth-order valence-electron chi connectivity index (χ4n) is 3.54. The maximum absolute atomic E-state index is 12.7. The zero-order valence-electron chi connectivity index (χ0n) is 14.0. The van der Waals surface area contributed by atoms with E-state index in [1.165, 1.54) is 36.4 Å². The molecule has 0 N–H and O–H groups in total. The van der Waals surface area contributed by atoms with Gasteiger partial charge in [-0.15, -0.1) is 0 Å². The third-order valence-corrected chi connectivity index (χ3v) is 6.75. The number of anilines is 1. The van der Waals surface area contributed by atoms with Crippen molar-refractivity contribution in [1.82, 2.24) is 9.97 Å². The second-order valence-electron chi connectivity index (χ2n) is 6.63. The fraction of sp³-hybridized carbons (Fsp3) is 0.444. The Bertz CT molecular complexity index is 863. The highest BCUT2D eigenvalue weighted by molar-refractivity contribution is 7.93.